The van der Waals surface area contributed by atoms with E-state index in [1.165, 1.54) is 22.5 Å². The number of rotatable bonds is 6. The third-order valence-corrected chi connectivity index (χ3v) is 7.13. The standard InChI is InChI=1S/C21H26FN3O3S/c1-15-6-11-18(14-19(15)29(27,28)25-12-4-5-13-25)23-21(26)20(24(2)3)16-7-9-17(22)10-8-16/h6-11,14,20H,4-5,12-13H2,1-3H3,(H,23,26). The molecule has 0 bridgehead atoms. The van der Waals surface area contributed by atoms with Crippen LogP contribution in [0.3, 0.4) is 0 Å². The van der Waals surface area contributed by atoms with Crippen LogP contribution in [0.2, 0.25) is 0 Å². The number of aryl methyl sites for hydroxylation is 1. The number of hydrogen-bond acceptors (Lipinski definition) is 4. The number of nitrogens with zero attached hydrogens (tertiary/aromatic N) is 2. The van der Waals surface area contributed by atoms with Gasteiger partial charge in [-0.15, -0.1) is 0 Å². The van der Waals surface area contributed by atoms with E-state index in [9.17, 15) is 17.6 Å². The van der Waals surface area contributed by atoms with Crippen molar-refractivity contribution in [2.45, 2.75) is 30.7 Å². The molecular formula is C21H26FN3O3S. The van der Waals surface area contributed by atoms with Crippen LogP contribution in [0.5, 0.6) is 0 Å². The molecule has 29 heavy (non-hydrogen) atoms. The number of likely N-dealkylation sites (N-methyl/N-ethyl adjacent to an activating group) is 1. The SMILES string of the molecule is Cc1ccc(NC(=O)C(c2ccc(F)cc2)N(C)C)cc1S(=O)(=O)N1CCCC1. The molecule has 156 valence electrons. The van der Waals surface area contributed by atoms with Gasteiger partial charge in [-0.3, -0.25) is 9.69 Å². The smallest absolute Gasteiger partial charge is 0.246 e. The van der Waals surface area contributed by atoms with Crippen molar-refractivity contribution < 1.29 is 17.6 Å². The summed E-state index contributed by atoms with van der Waals surface area (Å²) < 4.78 is 40.7. The minimum atomic E-state index is -3.59. The minimum Gasteiger partial charge on any atom is -0.324 e. The average molecular weight is 420 g/mol. The molecule has 0 spiro atoms. The topological polar surface area (TPSA) is 69.7 Å². The zero-order valence-electron chi connectivity index (χ0n) is 16.9. The Hall–Kier alpha value is -2.29. The number of sulfonamides is 1. The van der Waals surface area contributed by atoms with E-state index < -0.39 is 16.1 Å². The zero-order valence-corrected chi connectivity index (χ0v) is 17.7. The fourth-order valence-corrected chi connectivity index (χ4v) is 5.33. The molecule has 0 radical (unpaired) electrons. The number of amides is 1. The van der Waals surface area contributed by atoms with Gasteiger partial charge in [0.1, 0.15) is 11.9 Å². The van der Waals surface area contributed by atoms with Crippen LogP contribution in [0, 0.1) is 12.7 Å². The highest BCUT2D eigenvalue weighted by Gasteiger charge is 2.29. The number of anilines is 1. The van der Waals surface area contributed by atoms with Gasteiger partial charge in [0.05, 0.1) is 4.90 Å². The van der Waals surface area contributed by atoms with Crippen molar-refractivity contribution in [1.82, 2.24) is 9.21 Å². The number of carbonyl (C=O) groups excluding carboxylic acids is 1. The number of benzene rings is 2. The van der Waals surface area contributed by atoms with Gasteiger partial charge in [-0.2, -0.15) is 4.31 Å². The first-order valence-corrected chi connectivity index (χ1v) is 11.0. The molecule has 1 unspecified atom stereocenters. The Balaban J connectivity index is 1.87. The van der Waals surface area contributed by atoms with Crippen LogP contribution in [-0.4, -0.2) is 50.7 Å². The molecule has 1 atom stereocenters. The Labute approximate surface area is 171 Å². The molecule has 6 nitrogen and oxygen atoms in total. The Kier molecular flexibility index (Phi) is 6.36. The maximum absolute atomic E-state index is 13.2. The van der Waals surface area contributed by atoms with E-state index >= 15 is 0 Å². The van der Waals surface area contributed by atoms with E-state index in [1.807, 2.05) is 0 Å². The lowest BCUT2D eigenvalue weighted by Gasteiger charge is -2.24. The van der Waals surface area contributed by atoms with Gasteiger partial charge in [0.2, 0.25) is 15.9 Å². The van der Waals surface area contributed by atoms with E-state index in [4.69, 9.17) is 0 Å². The summed E-state index contributed by atoms with van der Waals surface area (Å²) in [6.45, 7) is 2.78. The normalized spacial score (nSPS) is 16.2. The maximum Gasteiger partial charge on any atom is 0.246 e. The van der Waals surface area contributed by atoms with Crippen molar-refractivity contribution in [3.63, 3.8) is 0 Å². The fourth-order valence-electron chi connectivity index (χ4n) is 3.56. The average Bonchev–Trinajstić information content (AvgIpc) is 3.20. The summed E-state index contributed by atoms with van der Waals surface area (Å²) in [6.07, 6.45) is 1.72. The highest BCUT2D eigenvalue weighted by atomic mass is 32.2. The Morgan fingerprint density at radius 2 is 1.72 bits per heavy atom. The van der Waals surface area contributed by atoms with Crippen LogP contribution in [0.25, 0.3) is 0 Å². The molecule has 1 fully saturated rings. The van der Waals surface area contributed by atoms with Gasteiger partial charge in [0, 0.05) is 18.8 Å². The van der Waals surface area contributed by atoms with Crippen LogP contribution >= 0.6 is 0 Å². The predicted octanol–water partition coefficient (Wildman–Crippen LogP) is 3.16. The van der Waals surface area contributed by atoms with E-state index in [1.54, 1.807) is 50.2 Å². The maximum atomic E-state index is 13.2. The van der Waals surface area contributed by atoms with Crippen molar-refractivity contribution in [1.29, 1.82) is 0 Å². The highest BCUT2D eigenvalue weighted by molar-refractivity contribution is 7.89. The van der Waals surface area contributed by atoms with Crippen LogP contribution < -0.4 is 5.32 Å². The van der Waals surface area contributed by atoms with Crippen LogP contribution in [0.4, 0.5) is 10.1 Å². The van der Waals surface area contributed by atoms with Gasteiger partial charge < -0.3 is 5.32 Å². The molecule has 3 rings (SSSR count). The van der Waals surface area contributed by atoms with Gasteiger partial charge in [-0.25, -0.2) is 12.8 Å². The summed E-state index contributed by atoms with van der Waals surface area (Å²) in [4.78, 5) is 14.9. The Morgan fingerprint density at radius 1 is 1.10 bits per heavy atom. The van der Waals surface area contributed by atoms with Gasteiger partial charge >= 0.3 is 0 Å². The number of halogens is 1. The lowest BCUT2D eigenvalue weighted by molar-refractivity contribution is -0.120. The fraction of sp³-hybridized carbons (Fsp3) is 0.381. The monoisotopic (exact) mass is 419 g/mol. The summed E-state index contributed by atoms with van der Waals surface area (Å²) in [5.74, 6) is -0.697. The molecule has 1 heterocycles. The van der Waals surface area contributed by atoms with Gasteiger partial charge in [0.25, 0.3) is 0 Å². The Bertz CT molecular complexity index is 985. The van der Waals surface area contributed by atoms with Gasteiger partial charge in [-0.05, 0) is 69.3 Å². The molecule has 1 N–H and O–H groups in total. The highest BCUT2D eigenvalue weighted by Crippen LogP contribution is 2.27. The van der Waals surface area contributed by atoms with Gasteiger partial charge in [-0.1, -0.05) is 18.2 Å². The summed E-state index contributed by atoms with van der Waals surface area (Å²) in [7, 11) is -0.0793. The van der Waals surface area contributed by atoms with Crippen LogP contribution in [-0.2, 0) is 14.8 Å². The molecule has 0 saturated carbocycles. The molecule has 0 aliphatic carbocycles. The third kappa shape index (κ3) is 4.66. The number of carbonyl (C=O) groups is 1. The second-order valence-electron chi connectivity index (χ2n) is 7.50. The lowest BCUT2D eigenvalue weighted by atomic mass is 10.0. The Morgan fingerprint density at radius 3 is 2.31 bits per heavy atom. The molecule has 1 amide bonds. The van der Waals surface area contributed by atoms with Crippen molar-refractivity contribution >= 4 is 21.6 Å². The van der Waals surface area contributed by atoms with Crippen LogP contribution in [0.1, 0.15) is 30.0 Å². The minimum absolute atomic E-state index is 0.209. The first-order chi connectivity index (χ1) is 13.7. The van der Waals surface area contributed by atoms with Crippen molar-refractivity contribution in [3.8, 4) is 0 Å². The molecule has 2 aromatic rings. The molecule has 1 aliphatic heterocycles. The van der Waals surface area contributed by atoms with Gasteiger partial charge in [0.15, 0.2) is 0 Å². The van der Waals surface area contributed by atoms with Crippen LogP contribution in [0.15, 0.2) is 47.4 Å². The first kappa shape index (κ1) is 21.4. The zero-order chi connectivity index (χ0) is 21.2. The molecule has 0 aromatic heterocycles. The van der Waals surface area contributed by atoms with E-state index in [0.717, 1.165) is 12.8 Å². The summed E-state index contributed by atoms with van der Waals surface area (Å²) in [6, 6.07) is 10.0. The first-order valence-electron chi connectivity index (χ1n) is 9.53. The van der Waals surface area contributed by atoms with E-state index in [0.29, 0.717) is 29.9 Å². The number of hydrogen-bond donors (Lipinski definition) is 1. The quantitative estimate of drug-likeness (QED) is 0.781. The largest absolute Gasteiger partial charge is 0.324 e. The molecule has 1 aliphatic rings. The van der Waals surface area contributed by atoms with Crippen molar-refractivity contribution in [2.75, 3.05) is 32.5 Å². The molecule has 2 aromatic carbocycles. The van der Waals surface area contributed by atoms with E-state index in [-0.39, 0.29) is 16.6 Å². The summed E-state index contributed by atoms with van der Waals surface area (Å²) in [5.41, 5.74) is 1.69. The summed E-state index contributed by atoms with van der Waals surface area (Å²) in [5, 5.41) is 2.81. The molecule has 8 heteroatoms. The lowest BCUT2D eigenvalue weighted by Crippen LogP contribution is -2.32. The predicted molar refractivity (Wildman–Crippen MR) is 111 cm³/mol. The van der Waals surface area contributed by atoms with Crippen molar-refractivity contribution in [3.05, 3.63) is 59.4 Å². The second kappa shape index (κ2) is 8.61. The van der Waals surface area contributed by atoms with E-state index in [2.05, 4.69) is 5.32 Å². The number of nitrogens with one attached hydrogen (secondary N) is 1. The second-order valence-corrected chi connectivity index (χ2v) is 9.40. The molecular weight excluding hydrogens is 393 g/mol. The third-order valence-electron chi connectivity index (χ3n) is 5.09. The molecule has 1 saturated heterocycles. The van der Waals surface area contributed by atoms with Crippen molar-refractivity contribution in [2.24, 2.45) is 0 Å². The summed E-state index contributed by atoms with van der Waals surface area (Å²) >= 11 is 0.